The Bertz CT molecular complexity index is 559. The molecule has 0 unspecified atom stereocenters. The van der Waals surface area contributed by atoms with E-state index < -0.39 is 5.97 Å². The number of aromatic carboxylic acids is 1. The minimum Gasteiger partial charge on any atom is -0.476 e. The first-order valence-corrected chi connectivity index (χ1v) is 7.80. The standard InChI is InChI=1S/C16H23N3O2/c1-16(2)6-3-10(4-7-16)14-18-12-5-8-17-9-11(12)13(19-14)15(20)21/h10,17H,3-9H2,1-2H3,(H,20,21). The summed E-state index contributed by atoms with van der Waals surface area (Å²) in [5, 5.41) is 12.6. The van der Waals surface area contributed by atoms with Crippen LogP contribution >= 0.6 is 0 Å². The van der Waals surface area contributed by atoms with Crippen LogP contribution < -0.4 is 5.32 Å². The fourth-order valence-electron chi connectivity index (χ4n) is 3.38. The van der Waals surface area contributed by atoms with Crippen molar-refractivity contribution in [3.8, 4) is 0 Å². The van der Waals surface area contributed by atoms with Gasteiger partial charge in [-0.3, -0.25) is 0 Å². The Hall–Kier alpha value is -1.49. The monoisotopic (exact) mass is 289 g/mol. The molecule has 0 amide bonds. The molecule has 1 aliphatic heterocycles. The van der Waals surface area contributed by atoms with Crippen LogP contribution in [0, 0.1) is 5.41 Å². The van der Waals surface area contributed by atoms with Crippen molar-refractivity contribution in [2.45, 2.75) is 58.4 Å². The van der Waals surface area contributed by atoms with Gasteiger partial charge in [-0.1, -0.05) is 13.8 Å². The molecule has 0 radical (unpaired) electrons. The topological polar surface area (TPSA) is 75.1 Å². The first-order chi connectivity index (χ1) is 9.96. The van der Waals surface area contributed by atoms with Crippen LogP contribution in [0.1, 0.15) is 73.0 Å². The van der Waals surface area contributed by atoms with Crippen molar-refractivity contribution in [1.82, 2.24) is 15.3 Å². The van der Waals surface area contributed by atoms with Gasteiger partial charge in [0.15, 0.2) is 5.69 Å². The highest BCUT2D eigenvalue weighted by Crippen LogP contribution is 2.41. The number of hydrogen-bond acceptors (Lipinski definition) is 4. The Morgan fingerprint density at radius 1 is 1.29 bits per heavy atom. The maximum atomic E-state index is 11.5. The number of carbonyl (C=O) groups is 1. The SMILES string of the molecule is CC1(C)CCC(c2nc3c(c(C(=O)O)n2)CNCC3)CC1. The highest BCUT2D eigenvalue weighted by molar-refractivity contribution is 5.87. The zero-order chi connectivity index (χ0) is 15.0. The third-order valence-corrected chi connectivity index (χ3v) is 4.86. The van der Waals surface area contributed by atoms with Gasteiger partial charge in [0.2, 0.25) is 0 Å². The molecule has 2 heterocycles. The molecular weight excluding hydrogens is 266 g/mol. The summed E-state index contributed by atoms with van der Waals surface area (Å²) < 4.78 is 0. The van der Waals surface area contributed by atoms with E-state index in [1.54, 1.807) is 0 Å². The summed E-state index contributed by atoms with van der Waals surface area (Å²) in [7, 11) is 0. The predicted molar refractivity (Wildman–Crippen MR) is 79.4 cm³/mol. The second-order valence-corrected chi connectivity index (χ2v) is 7.03. The van der Waals surface area contributed by atoms with Crippen LogP contribution in [0.5, 0.6) is 0 Å². The van der Waals surface area contributed by atoms with Crippen molar-refractivity contribution < 1.29 is 9.90 Å². The summed E-state index contributed by atoms with van der Waals surface area (Å²) in [6, 6.07) is 0. The number of aromatic nitrogens is 2. The fourth-order valence-corrected chi connectivity index (χ4v) is 3.38. The van der Waals surface area contributed by atoms with Gasteiger partial charge in [-0.2, -0.15) is 0 Å². The summed E-state index contributed by atoms with van der Waals surface area (Å²) in [5.74, 6) is 0.134. The molecule has 0 bridgehead atoms. The van der Waals surface area contributed by atoms with Gasteiger partial charge in [-0.15, -0.1) is 0 Å². The molecule has 0 saturated heterocycles. The lowest BCUT2D eigenvalue weighted by Gasteiger charge is -2.34. The highest BCUT2D eigenvalue weighted by atomic mass is 16.4. The highest BCUT2D eigenvalue weighted by Gasteiger charge is 2.31. The number of nitrogens with one attached hydrogen (secondary N) is 1. The van der Waals surface area contributed by atoms with E-state index in [2.05, 4.69) is 24.1 Å². The smallest absolute Gasteiger partial charge is 0.354 e. The third kappa shape index (κ3) is 2.93. The number of rotatable bonds is 2. The van der Waals surface area contributed by atoms with Gasteiger partial charge in [0, 0.05) is 31.0 Å². The molecule has 1 aliphatic carbocycles. The normalized spacial score (nSPS) is 21.8. The van der Waals surface area contributed by atoms with Gasteiger partial charge in [0.1, 0.15) is 5.82 Å². The summed E-state index contributed by atoms with van der Waals surface area (Å²) in [6.45, 7) is 6.02. The summed E-state index contributed by atoms with van der Waals surface area (Å²) >= 11 is 0. The summed E-state index contributed by atoms with van der Waals surface area (Å²) in [6.07, 6.45) is 5.22. The van der Waals surface area contributed by atoms with Crippen LogP contribution in [-0.4, -0.2) is 27.6 Å². The number of nitrogens with zero attached hydrogens (tertiary/aromatic N) is 2. The molecule has 5 nitrogen and oxygen atoms in total. The van der Waals surface area contributed by atoms with Gasteiger partial charge in [-0.25, -0.2) is 14.8 Å². The van der Waals surface area contributed by atoms with E-state index in [-0.39, 0.29) is 5.69 Å². The number of carboxylic acids is 1. The van der Waals surface area contributed by atoms with E-state index in [1.807, 2.05) is 0 Å². The molecule has 1 aromatic heterocycles. The zero-order valence-electron chi connectivity index (χ0n) is 12.8. The van der Waals surface area contributed by atoms with Gasteiger partial charge in [0.25, 0.3) is 0 Å². The maximum absolute atomic E-state index is 11.5. The van der Waals surface area contributed by atoms with E-state index in [0.717, 1.165) is 55.7 Å². The fraction of sp³-hybridized carbons (Fsp3) is 0.688. The van der Waals surface area contributed by atoms with Gasteiger partial charge in [-0.05, 0) is 31.1 Å². The van der Waals surface area contributed by atoms with Crippen molar-refractivity contribution in [2.75, 3.05) is 6.54 Å². The molecular formula is C16H23N3O2. The van der Waals surface area contributed by atoms with Crippen LogP contribution in [0.15, 0.2) is 0 Å². The molecule has 5 heteroatoms. The first kappa shape index (κ1) is 14.4. The molecule has 1 aromatic rings. The molecule has 114 valence electrons. The molecule has 0 atom stereocenters. The minimum absolute atomic E-state index is 0.201. The number of carboxylic acid groups (broad SMARTS) is 1. The Labute approximate surface area is 125 Å². The average Bonchev–Trinajstić information content (AvgIpc) is 2.46. The quantitative estimate of drug-likeness (QED) is 0.875. The van der Waals surface area contributed by atoms with E-state index >= 15 is 0 Å². The maximum Gasteiger partial charge on any atom is 0.354 e. The van der Waals surface area contributed by atoms with Gasteiger partial charge >= 0.3 is 5.97 Å². The molecule has 21 heavy (non-hydrogen) atoms. The second-order valence-electron chi connectivity index (χ2n) is 7.03. The number of hydrogen-bond donors (Lipinski definition) is 2. The van der Waals surface area contributed by atoms with Crippen molar-refractivity contribution in [2.24, 2.45) is 5.41 Å². The third-order valence-electron chi connectivity index (χ3n) is 4.86. The summed E-state index contributed by atoms with van der Waals surface area (Å²) in [4.78, 5) is 20.6. The van der Waals surface area contributed by atoms with Crippen LogP contribution in [0.4, 0.5) is 0 Å². The van der Waals surface area contributed by atoms with E-state index in [9.17, 15) is 9.90 Å². The lowest BCUT2D eigenvalue weighted by molar-refractivity contribution is 0.0687. The largest absolute Gasteiger partial charge is 0.476 e. The first-order valence-electron chi connectivity index (χ1n) is 7.80. The molecule has 0 spiro atoms. The Balaban J connectivity index is 1.93. The lowest BCUT2D eigenvalue weighted by atomic mass is 9.73. The molecule has 1 saturated carbocycles. The molecule has 3 rings (SSSR count). The van der Waals surface area contributed by atoms with Gasteiger partial charge in [0.05, 0.1) is 5.69 Å². The van der Waals surface area contributed by atoms with Crippen molar-refractivity contribution >= 4 is 5.97 Å². The van der Waals surface area contributed by atoms with E-state index in [1.165, 1.54) is 0 Å². The Morgan fingerprint density at radius 2 is 2.00 bits per heavy atom. The van der Waals surface area contributed by atoms with Gasteiger partial charge < -0.3 is 10.4 Å². The zero-order valence-corrected chi connectivity index (χ0v) is 12.8. The molecule has 1 fully saturated rings. The van der Waals surface area contributed by atoms with E-state index in [0.29, 0.717) is 17.9 Å². The van der Waals surface area contributed by atoms with Crippen LogP contribution in [0.2, 0.25) is 0 Å². The second kappa shape index (κ2) is 5.37. The molecule has 2 aliphatic rings. The Kier molecular flexibility index (Phi) is 3.69. The Morgan fingerprint density at radius 3 is 2.67 bits per heavy atom. The van der Waals surface area contributed by atoms with Crippen LogP contribution in [0.3, 0.4) is 0 Å². The predicted octanol–water partition coefficient (Wildman–Crippen LogP) is 2.50. The van der Waals surface area contributed by atoms with E-state index in [4.69, 9.17) is 4.98 Å². The van der Waals surface area contributed by atoms with Crippen molar-refractivity contribution in [3.63, 3.8) is 0 Å². The molecule has 0 aromatic carbocycles. The molecule has 2 N–H and O–H groups in total. The minimum atomic E-state index is -0.935. The average molecular weight is 289 g/mol. The van der Waals surface area contributed by atoms with Crippen LogP contribution in [-0.2, 0) is 13.0 Å². The van der Waals surface area contributed by atoms with Crippen molar-refractivity contribution in [3.05, 3.63) is 22.8 Å². The van der Waals surface area contributed by atoms with Crippen molar-refractivity contribution in [1.29, 1.82) is 0 Å². The number of fused-ring (bicyclic) bond motifs is 1. The van der Waals surface area contributed by atoms with Crippen LogP contribution in [0.25, 0.3) is 0 Å². The summed E-state index contributed by atoms with van der Waals surface area (Å²) in [5.41, 5.74) is 2.30. The lowest BCUT2D eigenvalue weighted by Crippen LogP contribution is -2.29.